The molecule has 160 valence electrons. The summed E-state index contributed by atoms with van der Waals surface area (Å²) in [5, 5.41) is 18.8. The molecule has 0 aliphatic carbocycles. The van der Waals surface area contributed by atoms with Crippen molar-refractivity contribution in [2.45, 2.75) is 31.9 Å². The van der Waals surface area contributed by atoms with E-state index in [2.05, 4.69) is 20.8 Å². The molecule has 3 aromatic rings. The minimum Gasteiger partial charge on any atom is -0.485 e. The molecule has 2 amide bonds. The Bertz CT molecular complexity index is 1070. The number of aliphatic hydroxyl groups excluding tert-OH is 1. The lowest BCUT2D eigenvalue weighted by molar-refractivity contribution is -0.116. The molecule has 2 heterocycles. The van der Waals surface area contributed by atoms with Crippen molar-refractivity contribution in [3.8, 4) is 5.75 Å². The topological polar surface area (TPSA) is 127 Å². The number of aliphatic hydroxyl groups is 1. The zero-order valence-electron chi connectivity index (χ0n) is 16.7. The predicted octanol–water partition coefficient (Wildman–Crippen LogP) is 1.87. The van der Waals surface area contributed by atoms with Crippen molar-refractivity contribution in [1.29, 1.82) is 0 Å². The normalized spacial score (nSPS) is 13.8. The smallest absolute Gasteiger partial charge is 0.316 e. The Morgan fingerprint density at radius 2 is 2.06 bits per heavy atom. The van der Waals surface area contributed by atoms with Crippen LogP contribution < -0.4 is 15.4 Å². The van der Waals surface area contributed by atoms with Crippen LogP contribution >= 0.6 is 0 Å². The molecule has 4 rings (SSSR count). The molecule has 0 saturated heterocycles. The van der Waals surface area contributed by atoms with Gasteiger partial charge in [-0.3, -0.25) is 9.59 Å². The van der Waals surface area contributed by atoms with Crippen molar-refractivity contribution in [3.05, 3.63) is 71.4 Å². The summed E-state index contributed by atoms with van der Waals surface area (Å²) in [6.45, 7) is -0.226. The van der Waals surface area contributed by atoms with E-state index in [0.717, 1.165) is 16.8 Å². The Morgan fingerprint density at radius 3 is 2.87 bits per heavy atom. The minimum atomic E-state index is -0.565. The second-order valence-corrected chi connectivity index (χ2v) is 7.21. The van der Waals surface area contributed by atoms with Crippen LogP contribution in [0.1, 0.15) is 34.1 Å². The van der Waals surface area contributed by atoms with Crippen LogP contribution in [0.5, 0.6) is 5.75 Å². The van der Waals surface area contributed by atoms with Crippen LogP contribution in [0, 0.1) is 0 Å². The predicted molar refractivity (Wildman–Crippen MR) is 111 cm³/mol. The van der Waals surface area contributed by atoms with Gasteiger partial charge < -0.3 is 25.0 Å². The number of aryl methyl sites for hydroxylation is 1. The van der Waals surface area contributed by atoms with E-state index in [1.807, 2.05) is 36.4 Å². The van der Waals surface area contributed by atoms with Gasteiger partial charge in [0.25, 0.3) is 0 Å². The Labute approximate surface area is 178 Å². The SMILES string of the molecule is O=C1CCc2ccc(OCc3noc(C(=O)NC(CO)Cc4ccccc4)n3)cc2N1. The molecule has 0 bridgehead atoms. The molecular weight excluding hydrogens is 400 g/mol. The number of hydrogen-bond acceptors (Lipinski definition) is 7. The van der Waals surface area contributed by atoms with Crippen LogP contribution in [-0.2, 0) is 24.2 Å². The van der Waals surface area contributed by atoms with E-state index < -0.39 is 11.9 Å². The maximum atomic E-state index is 12.4. The highest BCUT2D eigenvalue weighted by Gasteiger charge is 2.20. The Morgan fingerprint density at radius 1 is 1.23 bits per heavy atom. The van der Waals surface area contributed by atoms with Gasteiger partial charge in [0.1, 0.15) is 5.75 Å². The lowest BCUT2D eigenvalue weighted by Gasteiger charge is -2.17. The quantitative estimate of drug-likeness (QED) is 0.506. The van der Waals surface area contributed by atoms with Gasteiger partial charge in [0, 0.05) is 18.2 Å². The second kappa shape index (κ2) is 9.40. The Balaban J connectivity index is 1.33. The van der Waals surface area contributed by atoms with Gasteiger partial charge in [0.2, 0.25) is 11.7 Å². The number of anilines is 1. The average Bonchev–Trinajstić information content (AvgIpc) is 3.27. The summed E-state index contributed by atoms with van der Waals surface area (Å²) in [5.74, 6) is -0.0459. The van der Waals surface area contributed by atoms with Crippen molar-refractivity contribution < 1.29 is 24.0 Å². The maximum Gasteiger partial charge on any atom is 0.316 e. The average molecular weight is 422 g/mol. The number of hydrogen-bond donors (Lipinski definition) is 3. The molecule has 1 aromatic heterocycles. The van der Waals surface area contributed by atoms with Crippen molar-refractivity contribution in [2.75, 3.05) is 11.9 Å². The molecule has 31 heavy (non-hydrogen) atoms. The molecule has 3 N–H and O–H groups in total. The lowest BCUT2D eigenvalue weighted by Crippen LogP contribution is -2.39. The monoisotopic (exact) mass is 422 g/mol. The first kappa shape index (κ1) is 20.5. The summed E-state index contributed by atoms with van der Waals surface area (Å²) in [5.41, 5.74) is 2.78. The fourth-order valence-corrected chi connectivity index (χ4v) is 3.30. The van der Waals surface area contributed by atoms with Gasteiger partial charge in [-0.2, -0.15) is 4.98 Å². The number of nitrogens with zero attached hydrogens (tertiary/aromatic N) is 2. The standard InChI is InChI=1S/C22H22N4O5/c27-12-16(10-14-4-2-1-3-5-14)23-21(29)22-25-19(26-31-22)13-30-17-8-6-15-7-9-20(28)24-18(15)11-17/h1-6,8,11,16,27H,7,9-10,12-13H2,(H,23,29)(H,24,28). The minimum absolute atomic E-state index is 0.00302. The first-order valence-corrected chi connectivity index (χ1v) is 9.94. The van der Waals surface area contributed by atoms with Crippen LogP contribution in [0.15, 0.2) is 53.1 Å². The number of benzene rings is 2. The fourth-order valence-electron chi connectivity index (χ4n) is 3.30. The molecule has 2 aromatic carbocycles. The molecule has 0 saturated carbocycles. The van der Waals surface area contributed by atoms with Crippen LogP contribution in [0.3, 0.4) is 0 Å². The summed E-state index contributed by atoms with van der Waals surface area (Å²) in [7, 11) is 0. The van der Waals surface area contributed by atoms with Crippen molar-refractivity contribution >= 4 is 17.5 Å². The van der Waals surface area contributed by atoms with E-state index in [1.165, 1.54) is 0 Å². The molecule has 9 nitrogen and oxygen atoms in total. The zero-order chi connectivity index (χ0) is 21.6. The van der Waals surface area contributed by atoms with Gasteiger partial charge in [0.15, 0.2) is 6.61 Å². The third-order valence-corrected chi connectivity index (χ3v) is 4.89. The number of carbonyl (C=O) groups excluding carboxylic acids is 2. The molecule has 1 aliphatic rings. The first-order valence-electron chi connectivity index (χ1n) is 9.94. The van der Waals surface area contributed by atoms with Crippen molar-refractivity contribution in [1.82, 2.24) is 15.5 Å². The van der Waals surface area contributed by atoms with Gasteiger partial charge in [-0.1, -0.05) is 41.6 Å². The highest BCUT2D eigenvalue weighted by molar-refractivity contribution is 5.94. The summed E-state index contributed by atoms with van der Waals surface area (Å²) in [6.07, 6.45) is 1.65. The summed E-state index contributed by atoms with van der Waals surface area (Å²) < 4.78 is 10.7. The number of aromatic nitrogens is 2. The number of carbonyl (C=O) groups is 2. The number of rotatable bonds is 8. The van der Waals surface area contributed by atoms with Gasteiger partial charge >= 0.3 is 11.8 Å². The third kappa shape index (κ3) is 5.26. The molecule has 9 heteroatoms. The highest BCUT2D eigenvalue weighted by Crippen LogP contribution is 2.27. The summed E-state index contributed by atoms with van der Waals surface area (Å²) in [6, 6.07) is 14.5. The number of ether oxygens (including phenoxy) is 1. The summed E-state index contributed by atoms with van der Waals surface area (Å²) >= 11 is 0. The molecule has 1 aliphatic heterocycles. The number of fused-ring (bicyclic) bond motifs is 1. The second-order valence-electron chi connectivity index (χ2n) is 7.21. The van der Waals surface area contributed by atoms with Gasteiger partial charge in [0.05, 0.1) is 12.6 Å². The van der Waals surface area contributed by atoms with Gasteiger partial charge in [-0.25, -0.2) is 0 Å². The molecule has 0 spiro atoms. The van der Waals surface area contributed by atoms with Gasteiger partial charge in [-0.05, 0) is 30.0 Å². The largest absolute Gasteiger partial charge is 0.485 e. The summed E-state index contributed by atoms with van der Waals surface area (Å²) in [4.78, 5) is 28.0. The number of amides is 2. The molecule has 0 radical (unpaired) electrons. The fraction of sp³-hybridized carbons (Fsp3) is 0.273. The van der Waals surface area contributed by atoms with Crippen molar-refractivity contribution in [2.24, 2.45) is 0 Å². The maximum absolute atomic E-state index is 12.4. The number of nitrogens with one attached hydrogen (secondary N) is 2. The van der Waals surface area contributed by atoms with Crippen molar-refractivity contribution in [3.63, 3.8) is 0 Å². The Kier molecular flexibility index (Phi) is 6.23. The van der Waals surface area contributed by atoms with E-state index in [0.29, 0.717) is 25.0 Å². The van der Waals surface area contributed by atoms with Crippen LogP contribution in [0.25, 0.3) is 0 Å². The molecule has 1 atom stereocenters. The molecular formula is C22H22N4O5. The zero-order valence-corrected chi connectivity index (χ0v) is 16.7. The Hall–Kier alpha value is -3.72. The van der Waals surface area contributed by atoms with E-state index in [1.54, 1.807) is 12.1 Å². The molecule has 1 unspecified atom stereocenters. The third-order valence-electron chi connectivity index (χ3n) is 4.89. The van der Waals surface area contributed by atoms with Crippen LogP contribution in [0.2, 0.25) is 0 Å². The van der Waals surface area contributed by atoms with Gasteiger partial charge in [-0.15, -0.1) is 0 Å². The van der Waals surface area contributed by atoms with Crippen LogP contribution in [-0.4, -0.2) is 39.7 Å². The van der Waals surface area contributed by atoms with E-state index in [-0.39, 0.29) is 30.8 Å². The van der Waals surface area contributed by atoms with E-state index >= 15 is 0 Å². The first-order chi connectivity index (χ1) is 15.1. The van der Waals surface area contributed by atoms with E-state index in [9.17, 15) is 14.7 Å². The lowest BCUT2D eigenvalue weighted by atomic mass is 10.0. The van der Waals surface area contributed by atoms with Crippen LogP contribution in [0.4, 0.5) is 5.69 Å². The highest BCUT2D eigenvalue weighted by atomic mass is 16.5. The molecule has 0 fully saturated rings. The van der Waals surface area contributed by atoms with E-state index in [4.69, 9.17) is 9.26 Å².